The summed E-state index contributed by atoms with van der Waals surface area (Å²) in [5.41, 5.74) is 15.0. The Bertz CT molecular complexity index is 3190. The Labute approximate surface area is 300 Å². The van der Waals surface area contributed by atoms with Gasteiger partial charge in [-0.3, -0.25) is 0 Å². The normalized spacial score (nSPS) is 11.9. The molecule has 0 atom stereocenters. The fourth-order valence-electron chi connectivity index (χ4n) is 8.29. The van der Waals surface area contributed by atoms with E-state index in [0.29, 0.717) is 0 Å². The van der Waals surface area contributed by atoms with Crippen molar-refractivity contribution >= 4 is 65.6 Å². The molecule has 8 aromatic carbocycles. The van der Waals surface area contributed by atoms with Crippen LogP contribution in [0, 0.1) is 6.92 Å². The van der Waals surface area contributed by atoms with E-state index in [2.05, 4.69) is 180 Å². The van der Waals surface area contributed by atoms with Gasteiger partial charge in [0, 0.05) is 43.7 Å². The minimum absolute atomic E-state index is 0.912. The van der Waals surface area contributed by atoms with Gasteiger partial charge in [0.05, 0.1) is 22.1 Å². The Morgan fingerprint density at radius 3 is 1.50 bits per heavy atom. The van der Waals surface area contributed by atoms with E-state index in [9.17, 15) is 0 Å². The molecular weight excluding hydrogens is 633 g/mol. The first-order chi connectivity index (χ1) is 25.7. The third-order valence-electron chi connectivity index (χ3n) is 10.8. The molecule has 0 aliphatic carbocycles. The molecule has 0 saturated carbocycles. The number of furan rings is 1. The molecule has 11 rings (SSSR count). The van der Waals surface area contributed by atoms with Gasteiger partial charge in [0.25, 0.3) is 0 Å². The van der Waals surface area contributed by atoms with E-state index in [4.69, 9.17) is 4.42 Å². The van der Waals surface area contributed by atoms with Crippen molar-refractivity contribution in [2.24, 2.45) is 0 Å². The summed E-state index contributed by atoms with van der Waals surface area (Å²) in [6, 6.07) is 63.8. The first kappa shape index (κ1) is 28.9. The molecule has 0 saturated heterocycles. The predicted molar refractivity (Wildman–Crippen MR) is 218 cm³/mol. The lowest BCUT2D eigenvalue weighted by Gasteiger charge is -2.11. The maximum absolute atomic E-state index is 6.12. The van der Waals surface area contributed by atoms with Gasteiger partial charge in [-0.2, -0.15) is 0 Å². The summed E-state index contributed by atoms with van der Waals surface area (Å²) in [5.74, 6) is 0. The third kappa shape index (κ3) is 4.33. The van der Waals surface area contributed by atoms with Crippen LogP contribution in [0.3, 0.4) is 0 Å². The summed E-state index contributed by atoms with van der Waals surface area (Å²) in [5, 5.41) is 7.29. The van der Waals surface area contributed by atoms with E-state index in [1.54, 1.807) is 0 Å². The summed E-state index contributed by atoms with van der Waals surface area (Å²) in [4.78, 5) is 0. The number of aromatic nitrogens is 2. The van der Waals surface area contributed by atoms with Crippen LogP contribution < -0.4 is 0 Å². The number of fused-ring (bicyclic) bond motifs is 9. The second-order valence-corrected chi connectivity index (χ2v) is 13.9. The van der Waals surface area contributed by atoms with Gasteiger partial charge in [-0.1, -0.05) is 103 Å². The molecule has 244 valence electrons. The molecule has 52 heavy (non-hydrogen) atoms. The van der Waals surface area contributed by atoms with Crippen LogP contribution in [-0.4, -0.2) is 9.13 Å². The lowest BCUT2D eigenvalue weighted by molar-refractivity contribution is 0.669. The van der Waals surface area contributed by atoms with Crippen molar-refractivity contribution in [2.45, 2.75) is 6.92 Å². The zero-order valence-electron chi connectivity index (χ0n) is 28.5. The highest BCUT2D eigenvalue weighted by Gasteiger charge is 2.17. The number of nitrogens with zero attached hydrogens (tertiary/aromatic N) is 2. The zero-order chi connectivity index (χ0) is 34.3. The third-order valence-corrected chi connectivity index (χ3v) is 10.8. The Morgan fingerprint density at radius 2 is 0.827 bits per heavy atom. The summed E-state index contributed by atoms with van der Waals surface area (Å²) in [7, 11) is 0. The lowest BCUT2D eigenvalue weighted by atomic mass is 10.0. The van der Waals surface area contributed by atoms with E-state index >= 15 is 0 Å². The van der Waals surface area contributed by atoms with Gasteiger partial charge in [0.2, 0.25) is 0 Å². The maximum Gasteiger partial charge on any atom is 0.135 e. The largest absolute Gasteiger partial charge is 0.456 e. The number of aryl methyl sites for hydroxylation is 1. The molecular formula is C49H32N2O. The van der Waals surface area contributed by atoms with E-state index < -0.39 is 0 Å². The number of para-hydroxylation sites is 3. The fraction of sp³-hybridized carbons (Fsp3) is 0.0204. The molecule has 3 aromatic heterocycles. The van der Waals surface area contributed by atoms with E-state index in [1.807, 2.05) is 12.1 Å². The Kier molecular flexibility index (Phi) is 6.17. The van der Waals surface area contributed by atoms with E-state index in [0.717, 1.165) is 27.6 Å². The van der Waals surface area contributed by atoms with Crippen molar-refractivity contribution in [1.82, 2.24) is 9.13 Å². The number of hydrogen-bond donors (Lipinski definition) is 0. The average molecular weight is 665 g/mol. The topological polar surface area (TPSA) is 23.0 Å². The van der Waals surface area contributed by atoms with Gasteiger partial charge in [0.1, 0.15) is 11.2 Å². The molecule has 0 bridgehead atoms. The van der Waals surface area contributed by atoms with Crippen molar-refractivity contribution in [3.63, 3.8) is 0 Å². The maximum atomic E-state index is 6.12. The van der Waals surface area contributed by atoms with Crippen molar-refractivity contribution in [2.75, 3.05) is 0 Å². The molecule has 3 heterocycles. The molecule has 3 heteroatoms. The molecule has 0 spiro atoms. The molecule has 3 nitrogen and oxygen atoms in total. The number of rotatable bonds is 4. The molecule has 0 radical (unpaired) electrons. The minimum Gasteiger partial charge on any atom is -0.456 e. The van der Waals surface area contributed by atoms with Gasteiger partial charge in [0.15, 0.2) is 0 Å². The summed E-state index contributed by atoms with van der Waals surface area (Å²) in [6.45, 7) is 2.14. The molecule has 0 aliphatic heterocycles. The highest BCUT2D eigenvalue weighted by Crippen LogP contribution is 2.39. The quantitative estimate of drug-likeness (QED) is 0.184. The van der Waals surface area contributed by atoms with Gasteiger partial charge >= 0.3 is 0 Å². The predicted octanol–water partition coefficient (Wildman–Crippen LogP) is 13.4. The Hall–Kier alpha value is -6.84. The van der Waals surface area contributed by atoms with Crippen LogP contribution in [0.15, 0.2) is 180 Å². The van der Waals surface area contributed by atoms with Crippen LogP contribution in [0.5, 0.6) is 0 Å². The molecule has 0 unspecified atom stereocenters. The van der Waals surface area contributed by atoms with Crippen LogP contribution in [0.4, 0.5) is 0 Å². The lowest BCUT2D eigenvalue weighted by Crippen LogP contribution is -1.94. The average Bonchev–Trinajstić information content (AvgIpc) is 3.85. The van der Waals surface area contributed by atoms with E-state index in [1.165, 1.54) is 77.1 Å². The second kappa shape index (κ2) is 11.1. The van der Waals surface area contributed by atoms with Gasteiger partial charge in [-0.05, 0) is 108 Å². The Morgan fingerprint density at radius 1 is 0.327 bits per heavy atom. The van der Waals surface area contributed by atoms with Crippen LogP contribution in [0.25, 0.3) is 99.2 Å². The first-order valence-electron chi connectivity index (χ1n) is 17.8. The van der Waals surface area contributed by atoms with Crippen molar-refractivity contribution in [3.05, 3.63) is 181 Å². The molecule has 0 amide bonds. The fourth-order valence-corrected chi connectivity index (χ4v) is 8.29. The van der Waals surface area contributed by atoms with E-state index in [-0.39, 0.29) is 0 Å². The summed E-state index contributed by atoms with van der Waals surface area (Å²) < 4.78 is 10.9. The monoisotopic (exact) mass is 664 g/mol. The van der Waals surface area contributed by atoms with Crippen molar-refractivity contribution in [3.8, 4) is 33.6 Å². The van der Waals surface area contributed by atoms with Crippen LogP contribution in [0.2, 0.25) is 0 Å². The molecule has 0 fully saturated rings. The minimum atomic E-state index is 0.912. The zero-order valence-corrected chi connectivity index (χ0v) is 28.5. The van der Waals surface area contributed by atoms with Gasteiger partial charge in [-0.25, -0.2) is 0 Å². The second-order valence-electron chi connectivity index (χ2n) is 13.9. The SMILES string of the molecule is Cc1ccc(-n2c3ccccc3c3cc(-c4ccc5c(c4)c4ccccc4n5-c4cccc(-c5ccc6oc7ccccc7c6c5)c4)ccc32)cc1. The molecule has 0 N–H and O–H groups in total. The number of benzene rings is 8. The highest BCUT2D eigenvalue weighted by molar-refractivity contribution is 6.13. The first-order valence-corrected chi connectivity index (χ1v) is 17.8. The molecule has 0 aliphatic rings. The van der Waals surface area contributed by atoms with Crippen LogP contribution in [0.1, 0.15) is 5.56 Å². The van der Waals surface area contributed by atoms with Crippen molar-refractivity contribution < 1.29 is 4.42 Å². The smallest absolute Gasteiger partial charge is 0.135 e. The number of hydrogen-bond acceptors (Lipinski definition) is 1. The Balaban J connectivity index is 1.05. The summed E-state index contributed by atoms with van der Waals surface area (Å²) >= 11 is 0. The molecule has 11 aromatic rings. The standard InChI is InChI=1S/C49H32N2O/c1-31-17-22-36(23-18-31)50-44-14-5-2-11-38(44)41-28-33(19-24-46(41)50)34-20-25-47-42(29-34)39-12-3-6-15-45(39)51(47)37-10-8-9-32(27-37)35-21-26-49-43(30-35)40-13-4-7-16-48(40)52-49/h2-30H,1H3. The van der Waals surface area contributed by atoms with Crippen molar-refractivity contribution in [1.29, 1.82) is 0 Å². The van der Waals surface area contributed by atoms with Crippen LogP contribution >= 0.6 is 0 Å². The summed E-state index contributed by atoms with van der Waals surface area (Å²) in [6.07, 6.45) is 0. The highest BCUT2D eigenvalue weighted by atomic mass is 16.3. The van der Waals surface area contributed by atoms with Gasteiger partial charge in [-0.15, -0.1) is 0 Å². The van der Waals surface area contributed by atoms with Gasteiger partial charge < -0.3 is 13.6 Å². The van der Waals surface area contributed by atoms with Crippen LogP contribution in [-0.2, 0) is 0 Å².